The summed E-state index contributed by atoms with van der Waals surface area (Å²) < 4.78 is 23.2. The van der Waals surface area contributed by atoms with Crippen molar-refractivity contribution in [3.05, 3.63) is 70.9 Å². The number of carbonyl (C=O) groups excluding carboxylic acids is 1. The third-order valence-corrected chi connectivity index (χ3v) is 7.52. The Morgan fingerprint density at radius 1 is 1.15 bits per heavy atom. The van der Waals surface area contributed by atoms with E-state index in [1.807, 2.05) is 0 Å². The lowest BCUT2D eigenvalue weighted by Gasteiger charge is -2.44. The SMILES string of the molecule is Nc1nc2cc(F)c(C(=O)N3CCC[C@@H]4OCc5cc(C6CC6)ccc5[C@@H]43)cc2n2cncc12. The molecule has 1 saturated heterocycles. The van der Waals surface area contributed by atoms with E-state index in [0.29, 0.717) is 35.6 Å². The Kier molecular flexibility index (Phi) is 4.24. The molecule has 1 amide bonds. The molecule has 0 bridgehead atoms. The number of rotatable bonds is 2. The number of nitrogen functional groups attached to an aromatic ring is 1. The summed E-state index contributed by atoms with van der Waals surface area (Å²) in [5.41, 5.74) is 11.2. The highest BCUT2D eigenvalue weighted by Crippen LogP contribution is 2.44. The van der Waals surface area contributed by atoms with Crippen LogP contribution in [-0.2, 0) is 11.3 Å². The Hall–Kier alpha value is -3.52. The second kappa shape index (κ2) is 7.24. The first-order chi connectivity index (χ1) is 16.6. The van der Waals surface area contributed by atoms with Crippen molar-refractivity contribution in [1.82, 2.24) is 19.3 Å². The second-order valence-corrected chi connectivity index (χ2v) is 9.63. The Balaban J connectivity index is 1.32. The number of nitrogens with two attached hydrogens (primary N) is 1. The number of hydrogen-bond acceptors (Lipinski definition) is 5. The van der Waals surface area contributed by atoms with Gasteiger partial charge in [-0.25, -0.2) is 14.4 Å². The van der Waals surface area contributed by atoms with Crippen LogP contribution in [0.1, 0.15) is 64.7 Å². The predicted molar refractivity (Wildman–Crippen MR) is 125 cm³/mol. The maximum atomic E-state index is 15.3. The van der Waals surface area contributed by atoms with Crippen LogP contribution in [0.25, 0.3) is 16.6 Å². The number of amides is 1. The van der Waals surface area contributed by atoms with Gasteiger partial charge in [0.1, 0.15) is 17.2 Å². The third kappa shape index (κ3) is 2.94. The summed E-state index contributed by atoms with van der Waals surface area (Å²) >= 11 is 0. The molecule has 2 fully saturated rings. The topological polar surface area (TPSA) is 85.8 Å². The summed E-state index contributed by atoms with van der Waals surface area (Å²) in [6.45, 7) is 1.13. The van der Waals surface area contributed by atoms with Gasteiger partial charge in [-0.3, -0.25) is 9.20 Å². The zero-order valence-electron chi connectivity index (χ0n) is 18.6. The van der Waals surface area contributed by atoms with Crippen molar-refractivity contribution in [2.45, 2.75) is 50.4 Å². The van der Waals surface area contributed by atoms with Gasteiger partial charge in [0.05, 0.1) is 47.9 Å². The number of nitrogens with zero attached hydrogens (tertiary/aromatic N) is 4. The lowest BCUT2D eigenvalue weighted by molar-refractivity contribution is -0.0571. The molecule has 2 aromatic heterocycles. The van der Waals surface area contributed by atoms with Crippen LogP contribution in [0, 0.1) is 5.82 Å². The van der Waals surface area contributed by atoms with Gasteiger partial charge in [-0.2, -0.15) is 0 Å². The third-order valence-electron chi connectivity index (χ3n) is 7.52. The van der Waals surface area contributed by atoms with Crippen molar-refractivity contribution in [2.24, 2.45) is 0 Å². The number of anilines is 1. The number of halogens is 1. The van der Waals surface area contributed by atoms with Gasteiger partial charge in [0.15, 0.2) is 0 Å². The minimum absolute atomic E-state index is 0.0245. The second-order valence-electron chi connectivity index (χ2n) is 9.63. The van der Waals surface area contributed by atoms with E-state index < -0.39 is 5.82 Å². The first-order valence-corrected chi connectivity index (χ1v) is 11.8. The molecule has 34 heavy (non-hydrogen) atoms. The number of hydrogen-bond donors (Lipinski definition) is 1. The average Bonchev–Trinajstić information content (AvgIpc) is 3.58. The van der Waals surface area contributed by atoms with Crippen molar-refractivity contribution in [1.29, 1.82) is 0 Å². The van der Waals surface area contributed by atoms with Gasteiger partial charge in [-0.1, -0.05) is 18.2 Å². The summed E-state index contributed by atoms with van der Waals surface area (Å²) in [6, 6.07) is 9.23. The zero-order chi connectivity index (χ0) is 23.0. The lowest BCUT2D eigenvalue weighted by Crippen LogP contribution is -2.48. The lowest BCUT2D eigenvalue weighted by atomic mass is 9.86. The van der Waals surface area contributed by atoms with E-state index in [0.717, 1.165) is 24.0 Å². The van der Waals surface area contributed by atoms with Gasteiger partial charge >= 0.3 is 0 Å². The molecular weight excluding hydrogens is 433 g/mol. The summed E-state index contributed by atoms with van der Waals surface area (Å²) in [6.07, 6.45) is 7.31. The number of piperidine rings is 1. The summed E-state index contributed by atoms with van der Waals surface area (Å²) in [7, 11) is 0. The van der Waals surface area contributed by atoms with E-state index in [1.165, 1.54) is 24.5 Å². The average molecular weight is 458 g/mol. The number of ether oxygens (including phenoxy) is 1. The van der Waals surface area contributed by atoms with E-state index >= 15 is 4.39 Å². The Morgan fingerprint density at radius 2 is 2.03 bits per heavy atom. The number of imidazole rings is 1. The van der Waals surface area contributed by atoms with Crippen LogP contribution in [0.5, 0.6) is 0 Å². The summed E-state index contributed by atoms with van der Waals surface area (Å²) in [5.74, 6) is -0.0146. The van der Waals surface area contributed by atoms with Crippen molar-refractivity contribution in [3.63, 3.8) is 0 Å². The highest BCUT2D eigenvalue weighted by molar-refractivity contribution is 5.99. The summed E-state index contributed by atoms with van der Waals surface area (Å²) in [5, 5.41) is 0. The van der Waals surface area contributed by atoms with Crippen LogP contribution in [0.4, 0.5) is 10.2 Å². The molecular formula is C26H24FN5O2. The maximum absolute atomic E-state index is 15.3. The Labute approximate surface area is 195 Å². The molecule has 4 heterocycles. The Morgan fingerprint density at radius 3 is 2.88 bits per heavy atom. The fourth-order valence-electron chi connectivity index (χ4n) is 5.65. The van der Waals surface area contributed by atoms with E-state index in [4.69, 9.17) is 10.5 Å². The first kappa shape index (κ1) is 19.9. The van der Waals surface area contributed by atoms with Gasteiger partial charge in [-0.05, 0) is 54.4 Å². The van der Waals surface area contributed by atoms with Gasteiger partial charge in [0, 0.05) is 12.6 Å². The molecule has 2 aromatic carbocycles. The quantitative estimate of drug-likeness (QED) is 0.484. The normalized spacial score (nSPS) is 22.1. The number of carbonyl (C=O) groups is 1. The molecule has 2 aliphatic heterocycles. The monoisotopic (exact) mass is 457 g/mol. The van der Waals surface area contributed by atoms with Crippen molar-refractivity contribution in [3.8, 4) is 0 Å². The molecule has 2 N–H and O–H groups in total. The number of fused-ring (bicyclic) bond motifs is 6. The fourth-order valence-corrected chi connectivity index (χ4v) is 5.65. The molecule has 172 valence electrons. The predicted octanol–water partition coefficient (Wildman–Crippen LogP) is 4.36. The highest BCUT2D eigenvalue weighted by atomic mass is 19.1. The number of aromatic nitrogens is 3. The molecule has 1 aliphatic carbocycles. The minimum Gasteiger partial charge on any atom is -0.382 e. The first-order valence-electron chi connectivity index (χ1n) is 11.8. The molecule has 0 unspecified atom stereocenters. The smallest absolute Gasteiger partial charge is 0.257 e. The number of likely N-dealkylation sites (tertiary alicyclic amines) is 1. The zero-order valence-corrected chi connectivity index (χ0v) is 18.6. The van der Waals surface area contributed by atoms with Gasteiger partial charge in [0.25, 0.3) is 5.91 Å². The largest absolute Gasteiger partial charge is 0.382 e. The van der Waals surface area contributed by atoms with Gasteiger partial charge < -0.3 is 15.4 Å². The van der Waals surface area contributed by atoms with Crippen molar-refractivity contribution >= 4 is 28.3 Å². The van der Waals surface area contributed by atoms with Crippen LogP contribution in [0.15, 0.2) is 42.9 Å². The van der Waals surface area contributed by atoms with Crippen LogP contribution in [0.3, 0.4) is 0 Å². The molecule has 2 atom stereocenters. The molecule has 0 radical (unpaired) electrons. The van der Waals surface area contributed by atoms with Crippen molar-refractivity contribution < 1.29 is 13.9 Å². The van der Waals surface area contributed by atoms with E-state index in [9.17, 15) is 4.79 Å². The van der Waals surface area contributed by atoms with Gasteiger partial charge in [0.2, 0.25) is 0 Å². The van der Waals surface area contributed by atoms with Crippen LogP contribution < -0.4 is 5.73 Å². The van der Waals surface area contributed by atoms with E-state index in [1.54, 1.807) is 27.9 Å². The molecule has 1 saturated carbocycles. The van der Waals surface area contributed by atoms with Crippen LogP contribution in [-0.4, -0.2) is 37.8 Å². The molecule has 8 heteroatoms. The van der Waals surface area contributed by atoms with Crippen molar-refractivity contribution in [2.75, 3.05) is 12.3 Å². The van der Waals surface area contributed by atoms with E-state index in [-0.39, 0.29) is 29.4 Å². The molecule has 7 rings (SSSR count). The maximum Gasteiger partial charge on any atom is 0.257 e. The molecule has 3 aliphatic rings. The molecule has 0 spiro atoms. The number of benzene rings is 2. The molecule has 4 aromatic rings. The molecule has 7 nitrogen and oxygen atoms in total. The standard InChI is InChI=1S/C26H24FN5O2/c27-19-10-20-21(32-13-29-11-22(32)25(28)30-20)9-18(19)26(33)31-7-1-2-23-24(31)17-6-5-15(14-3-4-14)8-16(17)12-34-23/h5-6,8-11,13-14,23-24H,1-4,7,12H2,(H2,28,30)/t23-,24-/m0/s1. The van der Waals surface area contributed by atoms with Crippen LogP contribution in [0.2, 0.25) is 0 Å². The minimum atomic E-state index is -0.605. The fraction of sp³-hybridized carbons (Fsp3) is 0.346. The highest BCUT2D eigenvalue weighted by Gasteiger charge is 2.41. The van der Waals surface area contributed by atoms with Crippen LogP contribution >= 0.6 is 0 Å². The van der Waals surface area contributed by atoms with Gasteiger partial charge in [-0.15, -0.1) is 0 Å². The van der Waals surface area contributed by atoms with E-state index in [2.05, 4.69) is 28.2 Å². The Bertz CT molecular complexity index is 1480. The summed E-state index contributed by atoms with van der Waals surface area (Å²) in [4.78, 5) is 24.1.